The lowest BCUT2D eigenvalue weighted by Crippen LogP contribution is -2.30. The van der Waals surface area contributed by atoms with Crippen LogP contribution in [0.15, 0.2) is 46.9 Å². The van der Waals surface area contributed by atoms with Gasteiger partial charge in [0.05, 0.1) is 6.04 Å². The number of halogens is 2. The van der Waals surface area contributed by atoms with Crippen LogP contribution in [-0.2, 0) is 6.42 Å². The number of nitrogens with one attached hydrogen (secondary N) is 1. The van der Waals surface area contributed by atoms with E-state index in [-0.39, 0.29) is 6.04 Å². The first-order valence-corrected chi connectivity index (χ1v) is 7.24. The quantitative estimate of drug-likeness (QED) is 0.648. The average molecular weight is 340 g/mol. The maximum atomic E-state index is 5.99. The molecule has 0 bridgehead atoms. The fraction of sp³-hybridized carbons (Fsp3) is 0.200. The van der Waals surface area contributed by atoms with Gasteiger partial charge >= 0.3 is 0 Å². The molecular weight excluding hydrogens is 324 g/mol. The Morgan fingerprint density at radius 1 is 1.26 bits per heavy atom. The first kappa shape index (κ1) is 14.5. The molecule has 2 nitrogen and oxygen atoms in total. The fourth-order valence-corrected chi connectivity index (χ4v) is 2.86. The summed E-state index contributed by atoms with van der Waals surface area (Å²) in [5.41, 5.74) is 6.43. The predicted molar refractivity (Wildman–Crippen MR) is 84.1 cm³/mol. The molecule has 4 heteroatoms. The molecule has 0 spiro atoms. The predicted octanol–water partition coefficient (Wildman–Crippen LogP) is 4.16. The highest BCUT2D eigenvalue weighted by atomic mass is 79.9. The minimum absolute atomic E-state index is 0.0755. The van der Waals surface area contributed by atoms with Gasteiger partial charge in [-0.2, -0.15) is 0 Å². The molecule has 0 aliphatic carbocycles. The number of hydrogen-bond donors (Lipinski definition) is 2. The van der Waals surface area contributed by atoms with Crippen LogP contribution in [0.4, 0.5) is 0 Å². The lowest BCUT2D eigenvalue weighted by Gasteiger charge is -2.19. The SMILES string of the molecule is Cc1cc(Cl)ccc1C(Cc1cccc(Br)c1)NN. The molecule has 0 radical (unpaired) electrons. The Kier molecular flexibility index (Phi) is 4.99. The lowest BCUT2D eigenvalue weighted by atomic mass is 9.96. The van der Waals surface area contributed by atoms with Gasteiger partial charge in [-0.1, -0.05) is 45.7 Å². The standard InChI is InChI=1S/C15H16BrClN2/c1-10-7-13(17)5-6-14(10)15(19-18)9-11-3-2-4-12(16)8-11/h2-8,15,19H,9,18H2,1H3. The molecule has 2 rings (SSSR count). The summed E-state index contributed by atoms with van der Waals surface area (Å²) in [6.07, 6.45) is 0.832. The molecule has 0 aromatic heterocycles. The summed E-state index contributed by atoms with van der Waals surface area (Å²) in [6, 6.07) is 14.2. The second-order valence-corrected chi connectivity index (χ2v) is 5.91. The van der Waals surface area contributed by atoms with E-state index in [9.17, 15) is 0 Å². The van der Waals surface area contributed by atoms with Crippen LogP contribution >= 0.6 is 27.5 Å². The first-order valence-electron chi connectivity index (χ1n) is 6.07. The van der Waals surface area contributed by atoms with Gasteiger partial charge in [-0.15, -0.1) is 0 Å². The molecule has 0 amide bonds. The van der Waals surface area contributed by atoms with Crippen molar-refractivity contribution in [2.24, 2.45) is 5.84 Å². The van der Waals surface area contributed by atoms with E-state index in [0.29, 0.717) is 0 Å². The van der Waals surface area contributed by atoms with E-state index in [1.807, 2.05) is 37.3 Å². The van der Waals surface area contributed by atoms with Gasteiger partial charge in [-0.25, -0.2) is 0 Å². The summed E-state index contributed by atoms with van der Waals surface area (Å²) in [5, 5.41) is 0.750. The molecule has 0 aliphatic heterocycles. The fourth-order valence-electron chi connectivity index (χ4n) is 2.19. The number of rotatable bonds is 4. The molecule has 0 heterocycles. The highest BCUT2D eigenvalue weighted by Gasteiger charge is 2.13. The van der Waals surface area contributed by atoms with Crippen LogP contribution in [0.25, 0.3) is 0 Å². The summed E-state index contributed by atoms with van der Waals surface area (Å²) in [6.45, 7) is 2.05. The van der Waals surface area contributed by atoms with Crippen molar-refractivity contribution < 1.29 is 0 Å². The third kappa shape index (κ3) is 3.80. The van der Waals surface area contributed by atoms with Crippen molar-refractivity contribution in [2.75, 3.05) is 0 Å². The van der Waals surface area contributed by atoms with Gasteiger partial charge in [-0.3, -0.25) is 11.3 Å². The lowest BCUT2D eigenvalue weighted by molar-refractivity contribution is 0.549. The molecule has 0 saturated heterocycles. The molecule has 1 atom stereocenters. The Morgan fingerprint density at radius 2 is 2.05 bits per heavy atom. The number of benzene rings is 2. The maximum absolute atomic E-state index is 5.99. The van der Waals surface area contributed by atoms with Crippen molar-refractivity contribution in [3.8, 4) is 0 Å². The van der Waals surface area contributed by atoms with Crippen LogP contribution < -0.4 is 11.3 Å². The van der Waals surface area contributed by atoms with Crippen molar-refractivity contribution in [1.82, 2.24) is 5.43 Å². The first-order chi connectivity index (χ1) is 9.10. The Labute approximate surface area is 127 Å². The third-order valence-electron chi connectivity index (χ3n) is 3.14. The Bertz CT molecular complexity index is 572. The van der Waals surface area contributed by atoms with Crippen LogP contribution in [0.2, 0.25) is 5.02 Å². The molecule has 1 unspecified atom stereocenters. The van der Waals surface area contributed by atoms with Gasteiger partial charge in [0.15, 0.2) is 0 Å². The van der Waals surface area contributed by atoms with E-state index < -0.39 is 0 Å². The van der Waals surface area contributed by atoms with E-state index in [2.05, 4.69) is 33.5 Å². The van der Waals surface area contributed by atoms with Gasteiger partial charge in [0.2, 0.25) is 0 Å². The second-order valence-electron chi connectivity index (χ2n) is 4.55. The van der Waals surface area contributed by atoms with Crippen molar-refractivity contribution in [3.05, 3.63) is 68.7 Å². The molecule has 0 saturated carbocycles. The molecule has 19 heavy (non-hydrogen) atoms. The van der Waals surface area contributed by atoms with Gasteiger partial charge in [0.25, 0.3) is 0 Å². The number of nitrogens with two attached hydrogens (primary N) is 1. The molecular formula is C15H16BrClN2. The summed E-state index contributed by atoms with van der Waals surface area (Å²) >= 11 is 9.47. The normalized spacial score (nSPS) is 12.4. The minimum Gasteiger partial charge on any atom is -0.271 e. The van der Waals surface area contributed by atoms with E-state index in [1.165, 1.54) is 11.1 Å². The van der Waals surface area contributed by atoms with Crippen molar-refractivity contribution in [3.63, 3.8) is 0 Å². The number of hydrogen-bond acceptors (Lipinski definition) is 2. The van der Waals surface area contributed by atoms with Gasteiger partial charge in [0, 0.05) is 9.50 Å². The van der Waals surface area contributed by atoms with E-state index in [1.54, 1.807) is 0 Å². The van der Waals surface area contributed by atoms with Crippen molar-refractivity contribution >= 4 is 27.5 Å². The molecule has 3 N–H and O–H groups in total. The minimum atomic E-state index is 0.0755. The highest BCUT2D eigenvalue weighted by molar-refractivity contribution is 9.10. The Hall–Kier alpha value is -0.870. The summed E-state index contributed by atoms with van der Waals surface area (Å²) in [4.78, 5) is 0. The zero-order valence-electron chi connectivity index (χ0n) is 10.7. The average Bonchev–Trinajstić information content (AvgIpc) is 2.37. The number of aryl methyl sites for hydroxylation is 1. The highest BCUT2D eigenvalue weighted by Crippen LogP contribution is 2.24. The van der Waals surface area contributed by atoms with E-state index in [0.717, 1.165) is 21.5 Å². The van der Waals surface area contributed by atoms with Crippen LogP contribution in [0.5, 0.6) is 0 Å². The number of hydrazine groups is 1. The van der Waals surface area contributed by atoms with Gasteiger partial charge in [-0.05, 0) is 54.3 Å². The molecule has 2 aromatic rings. The molecule has 0 fully saturated rings. The maximum Gasteiger partial charge on any atom is 0.0502 e. The smallest absolute Gasteiger partial charge is 0.0502 e. The van der Waals surface area contributed by atoms with E-state index >= 15 is 0 Å². The molecule has 100 valence electrons. The third-order valence-corrected chi connectivity index (χ3v) is 3.87. The zero-order chi connectivity index (χ0) is 13.8. The Morgan fingerprint density at radius 3 is 2.68 bits per heavy atom. The molecule has 0 aliphatic rings. The van der Waals surface area contributed by atoms with Crippen LogP contribution in [-0.4, -0.2) is 0 Å². The monoisotopic (exact) mass is 338 g/mol. The van der Waals surface area contributed by atoms with Gasteiger partial charge in [0.1, 0.15) is 0 Å². The summed E-state index contributed by atoms with van der Waals surface area (Å²) < 4.78 is 1.08. The summed E-state index contributed by atoms with van der Waals surface area (Å²) in [5.74, 6) is 5.70. The topological polar surface area (TPSA) is 38.0 Å². The van der Waals surface area contributed by atoms with E-state index in [4.69, 9.17) is 17.4 Å². The molecule has 2 aromatic carbocycles. The Balaban J connectivity index is 2.25. The second kappa shape index (κ2) is 6.53. The van der Waals surface area contributed by atoms with Crippen molar-refractivity contribution in [1.29, 1.82) is 0 Å². The van der Waals surface area contributed by atoms with Crippen molar-refractivity contribution in [2.45, 2.75) is 19.4 Å². The van der Waals surface area contributed by atoms with Crippen LogP contribution in [0.1, 0.15) is 22.7 Å². The summed E-state index contributed by atoms with van der Waals surface area (Å²) in [7, 11) is 0. The largest absolute Gasteiger partial charge is 0.271 e. The van der Waals surface area contributed by atoms with Crippen LogP contribution in [0.3, 0.4) is 0 Å². The van der Waals surface area contributed by atoms with Crippen LogP contribution in [0, 0.1) is 6.92 Å². The zero-order valence-corrected chi connectivity index (χ0v) is 13.0. The van der Waals surface area contributed by atoms with Gasteiger partial charge < -0.3 is 0 Å².